The van der Waals surface area contributed by atoms with Gasteiger partial charge in [0.1, 0.15) is 6.04 Å². The van der Waals surface area contributed by atoms with Gasteiger partial charge in [0.05, 0.1) is 0 Å². The highest BCUT2D eigenvalue weighted by Crippen LogP contribution is 2.30. The molecule has 0 saturated carbocycles. The summed E-state index contributed by atoms with van der Waals surface area (Å²) in [6.45, 7) is 11.3. The van der Waals surface area contributed by atoms with Gasteiger partial charge in [-0.25, -0.2) is 0 Å². The highest BCUT2D eigenvalue weighted by Gasteiger charge is 2.19. The van der Waals surface area contributed by atoms with E-state index in [1.807, 2.05) is 58.0 Å². The quantitative estimate of drug-likeness (QED) is 0.356. The summed E-state index contributed by atoms with van der Waals surface area (Å²) in [5.74, 6) is -1.45. The topological polar surface area (TPSA) is 78.4 Å². The summed E-state index contributed by atoms with van der Waals surface area (Å²) in [7, 11) is 0. The number of hydrogen-bond acceptors (Lipinski definition) is 3. The number of carboxylic acids is 1. The number of carbonyl (C=O) groups excluding carboxylic acids is 1. The van der Waals surface area contributed by atoms with Crippen molar-refractivity contribution >= 4 is 29.2 Å². The van der Waals surface area contributed by atoms with Gasteiger partial charge in [0, 0.05) is 22.3 Å². The van der Waals surface area contributed by atoms with E-state index in [-0.39, 0.29) is 11.9 Å². The van der Waals surface area contributed by atoms with Crippen molar-refractivity contribution in [3.63, 3.8) is 0 Å². The van der Waals surface area contributed by atoms with Crippen molar-refractivity contribution in [3.05, 3.63) is 86.9 Å². The first-order valence-corrected chi connectivity index (χ1v) is 11.6. The van der Waals surface area contributed by atoms with Gasteiger partial charge in [0.25, 0.3) is 5.91 Å². The number of aryl methyl sites for hydroxylation is 4. The van der Waals surface area contributed by atoms with Gasteiger partial charge < -0.3 is 15.7 Å². The summed E-state index contributed by atoms with van der Waals surface area (Å²) < 4.78 is 0. The molecule has 2 atom stereocenters. The van der Waals surface area contributed by atoms with Gasteiger partial charge in [-0.05, 0) is 92.6 Å². The van der Waals surface area contributed by atoms with E-state index in [9.17, 15) is 9.59 Å². The molecule has 0 bridgehead atoms. The number of nitrogens with one attached hydrogen (secondary N) is 2. The zero-order chi connectivity index (χ0) is 25.2. The number of rotatable bonds is 7. The monoisotopic (exact) mass is 478 g/mol. The Labute approximate surface area is 206 Å². The molecule has 0 aliphatic heterocycles. The average Bonchev–Trinajstić information content (AvgIpc) is 2.76. The number of carboxylic acid groups (broad SMARTS) is 1. The van der Waals surface area contributed by atoms with Gasteiger partial charge in [0.2, 0.25) is 0 Å². The Balaban J connectivity index is 1.85. The zero-order valence-electron chi connectivity index (χ0n) is 20.4. The molecule has 0 saturated heterocycles. The first-order valence-electron chi connectivity index (χ1n) is 11.3. The van der Waals surface area contributed by atoms with E-state index in [1.54, 1.807) is 0 Å². The Kier molecular flexibility index (Phi) is 7.68. The van der Waals surface area contributed by atoms with Gasteiger partial charge in [-0.3, -0.25) is 9.59 Å². The molecule has 1 unspecified atom stereocenters. The Morgan fingerprint density at radius 1 is 0.853 bits per heavy atom. The van der Waals surface area contributed by atoms with E-state index in [2.05, 4.69) is 35.8 Å². The normalized spacial score (nSPS) is 12.7. The summed E-state index contributed by atoms with van der Waals surface area (Å²) in [6, 6.07) is 15.4. The third-order valence-corrected chi connectivity index (χ3v) is 6.61. The molecule has 0 fully saturated rings. The van der Waals surface area contributed by atoms with E-state index in [0.717, 1.165) is 44.1 Å². The van der Waals surface area contributed by atoms with Crippen LogP contribution in [0.5, 0.6) is 0 Å². The predicted molar refractivity (Wildman–Crippen MR) is 139 cm³/mol. The number of benzene rings is 3. The van der Waals surface area contributed by atoms with E-state index in [0.29, 0.717) is 5.56 Å². The van der Waals surface area contributed by atoms with Crippen LogP contribution in [0.15, 0.2) is 48.5 Å². The molecule has 0 radical (unpaired) electrons. The van der Waals surface area contributed by atoms with Gasteiger partial charge in [0.15, 0.2) is 0 Å². The Hall–Kier alpha value is -3.31. The molecule has 3 aromatic rings. The molecule has 6 heteroatoms. The summed E-state index contributed by atoms with van der Waals surface area (Å²) in [5.41, 5.74) is 8.40. The van der Waals surface area contributed by atoms with E-state index < -0.39 is 12.0 Å². The average molecular weight is 479 g/mol. The minimum Gasteiger partial charge on any atom is -0.480 e. The fraction of sp³-hybridized carbons (Fsp3) is 0.286. The van der Waals surface area contributed by atoms with Crippen LogP contribution in [0, 0.1) is 27.7 Å². The molecule has 5 nitrogen and oxygen atoms in total. The van der Waals surface area contributed by atoms with Crippen molar-refractivity contribution in [2.24, 2.45) is 0 Å². The van der Waals surface area contributed by atoms with Crippen molar-refractivity contribution in [2.45, 2.75) is 53.6 Å². The lowest BCUT2D eigenvalue weighted by molar-refractivity contribution is -0.138. The Morgan fingerprint density at radius 2 is 1.44 bits per heavy atom. The second-order valence-electron chi connectivity index (χ2n) is 8.93. The zero-order valence-corrected chi connectivity index (χ0v) is 21.2. The second-order valence-corrected chi connectivity index (χ2v) is 9.31. The van der Waals surface area contributed by atoms with Gasteiger partial charge >= 0.3 is 5.97 Å². The lowest BCUT2D eigenvalue weighted by atomic mass is 9.94. The molecule has 3 N–H and O–H groups in total. The lowest BCUT2D eigenvalue weighted by Gasteiger charge is -2.19. The highest BCUT2D eigenvalue weighted by molar-refractivity contribution is 6.32. The molecule has 0 aliphatic carbocycles. The summed E-state index contributed by atoms with van der Waals surface area (Å²) in [4.78, 5) is 23.7. The molecular weight excluding hydrogens is 448 g/mol. The van der Waals surface area contributed by atoms with Crippen LogP contribution >= 0.6 is 11.6 Å². The van der Waals surface area contributed by atoms with Crippen molar-refractivity contribution in [2.75, 3.05) is 5.32 Å². The maximum absolute atomic E-state index is 12.6. The number of carbonyl (C=O) groups is 2. The van der Waals surface area contributed by atoms with Crippen LogP contribution in [0.4, 0.5) is 5.69 Å². The Morgan fingerprint density at radius 3 is 2.00 bits per heavy atom. The largest absolute Gasteiger partial charge is 0.480 e. The predicted octanol–water partition coefficient (Wildman–Crippen LogP) is 6.62. The molecule has 3 rings (SSSR count). The first kappa shape index (κ1) is 25.3. The van der Waals surface area contributed by atoms with Crippen LogP contribution in [0.1, 0.15) is 58.1 Å². The lowest BCUT2D eigenvalue weighted by Crippen LogP contribution is -2.38. The van der Waals surface area contributed by atoms with E-state index in [4.69, 9.17) is 16.7 Å². The molecule has 0 aliphatic rings. The Bertz CT molecular complexity index is 1210. The number of anilines is 1. The smallest absolute Gasteiger partial charge is 0.325 e. The molecule has 3 aromatic carbocycles. The van der Waals surface area contributed by atoms with Gasteiger partial charge in [-0.1, -0.05) is 48.0 Å². The van der Waals surface area contributed by atoms with Crippen LogP contribution in [-0.2, 0) is 4.79 Å². The maximum Gasteiger partial charge on any atom is 0.325 e. The van der Waals surface area contributed by atoms with E-state index >= 15 is 0 Å². The summed E-state index contributed by atoms with van der Waals surface area (Å²) >= 11 is 6.33. The summed E-state index contributed by atoms with van der Waals surface area (Å²) in [6.07, 6.45) is 0. The van der Waals surface area contributed by atoms with Gasteiger partial charge in [-0.2, -0.15) is 0 Å². The number of aliphatic carboxylic acids is 1. The van der Waals surface area contributed by atoms with Crippen LogP contribution in [0.3, 0.4) is 0 Å². The van der Waals surface area contributed by atoms with E-state index in [1.165, 1.54) is 12.5 Å². The minimum absolute atomic E-state index is 0.0932. The second kappa shape index (κ2) is 10.3. The van der Waals surface area contributed by atoms with Crippen molar-refractivity contribution < 1.29 is 14.7 Å². The van der Waals surface area contributed by atoms with Crippen molar-refractivity contribution in [1.82, 2.24) is 5.32 Å². The third-order valence-electron chi connectivity index (χ3n) is 6.02. The van der Waals surface area contributed by atoms with Crippen molar-refractivity contribution in [3.8, 4) is 11.1 Å². The molecule has 0 spiro atoms. The fourth-order valence-electron chi connectivity index (χ4n) is 4.17. The van der Waals surface area contributed by atoms with Crippen molar-refractivity contribution in [1.29, 1.82) is 0 Å². The van der Waals surface area contributed by atoms with Gasteiger partial charge in [-0.15, -0.1) is 0 Å². The number of amides is 1. The maximum atomic E-state index is 12.6. The number of hydrogen-bond donors (Lipinski definition) is 3. The number of halogens is 1. The first-order chi connectivity index (χ1) is 16.0. The molecular formula is C28H31ClN2O3. The summed E-state index contributed by atoms with van der Waals surface area (Å²) in [5, 5.41) is 16.0. The van der Waals surface area contributed by atoms with Crippen LogP contribution in [0.2, 0.25) is 5.02 Å². The molecule has 34 heavy (non-hydrogen) atoms. The highest BCUT2D eigenvalue weighted by atomic mass is 35.5. The standard InChI is InChI=1S/C28H31ClN2O3/c1-15-10-23(11-16(2)25(15)27(32)31-20(6)28(33)34)21-8-7-9-24(14-21)30-19(5)22-12-17(3)26(29)18(4)13-22/h7-14,19-20,30H,1-6H3,(H,31,32)(H,33,34)/t19?,20-/m0/s1. The van der Waals surface area contributed by atoms with Crippen LogP contribution in [0.25, 0.3) is 11.1 Å². The van der Waals surface area contributed by atoms with Crippen LogP contribution in [-0.4, -0.2) is 23.0 Å². The molecule has 1 amide bonds. The molecule has 178 valence electrons. The van der Waals surface area contributed by atoms with Crippen LogP contribution < -0.4 is 10.6 Å². The fourth-order valence-corrected chi connectivity index (χ4v) is 4.28. The minimum atomic E-state index is -1.07. The third kappa shape index (κ3) is 5.60. The SMILES string of the molecule is Cc1cc(C(C)Nc2cccc(-c3cc(C)c(C(=O)N[C@@H](C)C(=O)O)c(C)c3)c2)cc(C)c1Cl. The molecule has 0 heterocycles. The molecule has 0 aromatic heterocycles.